The summed E-state index contributed by atoms with van der Waals surface area (Å²) in [4.78, 5) is 2.22. The summed E-state index contributed by atoms with van der Waals surface area (Å²) in [5.41, 5.74) is 7.04. The van der Waals surface area contributed by atoms with Gasteiger partial charge in [-0.2, -0.15) is 0 Å². The molecule has 45 heavy (non-hydrogen) atoms. The quantitative estimate of drug-likeness (QED) is 0.112. The standard InChI is InChI=1S/C38H37NO6/c40-24-34(42)26-44-36-19-13-29(14-20-36)38(30-15-21-37(22-16-30)45-27-35(43)25-41)23-28-11-17-33(18-12-28)39(31-7-3-1-4-8-31)32-9-5-2-6-10-32/h1-23,34-35,40-43H,24-27H2. The normalized spacial score (nSPS) is 12.2. The van der Waals surface area contributed by atoms with E-state index in [-0.39, 0.29) is 26.4 Å². The highest BCUT2D eigenvalue weighted by Crippen LogP contribution is 2.35. The van der Waals surface area contributed by atoms with Gasteiger partial charge in [-0.3, -0.25) is 0 Å². The molecule has 0 fully saturated rings. The van der Waals surface area contributed by atoms with E-state index in [2.05, 4.69) is 59.5 Å². The van der Waals surface area contributed by atoms with E-state index in [1.165, 1.54) is 0 Å². The van der Waals surface area contributed by atoms with E-state index in [1.807, 2.05) is 84.9 Å². The first kappa shape index (κ1) is 31.5. The van der Waals surface area contributed by atoms with Gasteiger partial charge in [-0.15, -0.1) is 0 Å². The van der Waals surface area contributed by atoms with Gasteiger partial charge in [-0.05, 0) is 89.0 Å². The summed E-state index contributed by atoms with van der Waals surface area (Å²) >= 11 is 0. The molecule has 0 amide bonds. The second-order valence-electron chi connectivity index (χ2n) is 10.5. The van der Waals surface area contributed by atoms with Gasteiger partial charge in [0.05, 0.1) is 13.2 Å². The van der Waals surface area contributed by atoms with E-state index in [9.17, 15) is 10.2 Å². The van der Waals surface area contributed by atoms with Gasteiger partial charge in [0.25, 0.3) is 0 Å². The van der Waals surface area contributed by atoms with Crippen molar-refractivity contribution in [2.45, 2.75) is 12.2 Å². The Morgan fingerprint density at radius 2 is 0.933 bits per heavy atom. The maximum absolute atomic E-state index is 9.64. The molecule has 0 aliphatic heterocycles. The highest BCUT2D eigenvalue weighted by molar-refractivity contribution is 5.92. The Balaban J connectivity index is 1.46. The zero-order valence-electron chi connectivity index (χ0n) is 24.8. The van der Waals surface area contributed by atoms with Gasteiger partial charge in [0.2, 0.25) is 0 Å². The summed E-state index contributed by atoms with van der Waals surface area (Å²) in [6.07, 6.45) is 0.236. The van der Waals surface area contributed by atoms with E-state index in [0.717, 1.165) is 39.3 Å². The summed E-state index contributed by atoms with van der Waals surface area (Å²) in [7, 11) is 0. The predicted octanol–water partition coefficient (Wildman–Crippen LogP) is 6.21. The summed E-state index contributed by atoms with van der Waals surface area (Å²) in [5.74, 6) is 1.17. The minimum atomic E-state index is -0.943. The molecule has 0 heterocycles. The second-order valence-corrected chi connectivity index (χ2v) is 10.5. The Morgan fingerprint density at radius 1 is 0.533 bits per heavy atom. The van der Waals surface area contributed by atoms with Crippen molar-refractivity contribution < 1.29 is 29.9 Å². The van der Waals surface area contributed by atoms with Gasteiger partial charge in [-0.1, -0.05) is 72.8 Å². The molecule has 5 aromatic carbocycles. The number of nitrogens with zero attached hydrogens (tertiary/aromatic N) is 1. The van der Waals surface area contributed by atoms with Crippen LogP contribution in [0.25, 0.3) is 11.6 Å². The Morgan fingerprint density at radius 3 is 1.33 bits per heavy atom. The number of hydrogen-bond acceptors (Lipinski definition) is 7. The summed E-state index contributed by atoms with van der Waals surface area (Å²) in [6.45, 7) is -0.728. The van der Waals surface area contributed by atoms with Gasteiger partial charge in [0.1, 0.15) is 36.9 Å². The summed E-state index contributed by atoms with van der Waals surface area (Å²) < 4.78 is 11.2. The largest absolute Gasteiger partial charge is 0.491 e. The molecule has 0 spiro atoms. The lowest BCUT2D eigenvalue weighted by atomic mass is 9.95. The van der Waals surface area contributed by atoms with Crippen LogP contribution in [-0.2, 0) is 0 Å². The summed E-state index contributed by atoms with van der Waals surface area (Å²) in [6, 6.07) is 44.1. The van der Waals surface area contributed by atoms with E-state index in [1.54, 1.807) is 0 Å². The Hall–Kier alpha value is -4.92. The number of aliphatic hydroxyl groups excluding tert-OH is 4. The zero-order valence-corrected chi connectivity index (χ0v) is 24.8. The molecule has 0 aliphatic rings. The Labute approximate surface area is 263 Å². The van der Waals surface area contributed by atoms with Crippen LogP contribution in [0.15, 0.2) is 133 Å². The van der Waals surface area contributed by atoms with Crippen LogP contribution in [-0.4, -0.2) is 59.1 Å². The first-order chi connectivity index (χ1) is 22.0. The van der Waals surface area contributed by atoms with E-state index in [4.69, 9.17) is 19.7 Å². The van der Waals surface area contributed by atoms with Crippen molar-refractivity contribution in [1.29, 1.82) is 0 Å². The van der Waals surface area contributed by atoms with Crippen LogP contribution in [0, 0.1) is 0 Å². The average Bonchev–Trinajstić information content (AvgIpc) is 3.10. The molecule has 7 heteroatoms. The van der Waals surface area contributed by atoms with Crippen LogP contribution in [0.3, 0.4) is 0 Å². The number of aliphatic hydroxyl groups is 4. The molecule has 0 aliphatic carbocycles. The molecule has 4 N–H and O–H groups in total. The first-order valence-electron chi connectivity index (χ1n) is 14.8. The fourth-order valence-electron chi connectivity index (χ4n) is 4.77. The van der Waals surface area contributed by atoms with Crippen LogP contribution in [0.4, 0.5) is 17.1 Å². The molecule has 0 bridgehead atoms. The van der Waals surface area contributed by atoms with Crippen molar-refractivity contribution in [1.82, 2.24) is 0 Å². The highest BCUT2D eigenvalue weighted by Gasteiger charge is 2.13. The lowest BCUT2D eigenvalue weighted by molar-refractivity contribution is 0.0536. The topological polar surface area (TPSA) is 103 Å². The Kier molecular flexibility index (Phi) is 11.0. The lowest BCUT2D eigenvalue weighted by Crippen LogP contribution is -2.21. The van der Waals surface area contributed by atoms with E-state index in [0.29, 0.717) is 11.5 Å². The molecular weight excluding hydrogens is 566 g/mol. The molecule has 0 saturated heterocycles. The molecule has 0 aromatic heterocycles. The fourth-order valence-corrected chi connectivity index (χ4v) is 4.77. The van der Waals surface area contributed by atoms with E-state index < -0.39 is 12.2 Å². The van der Waals surface area contributed by atoms with Gasteiger partial charge < -0.3 is 34.8 Å². The highest BCUT2D eigenvalue weighted by atomic mass is 16.5. The smallest absolute Gasteiger partial charge is 0.119 e. The predicted molar refractivity (Wildman–Crippen MR) is 178 cm³/mol. The molecule has 2 unspecified atom stereocenters. The van der Waals surface area contributed by atoms with Crippen molar-refractivity contribution in [3.8, 4) is 11.5 Å². The molecule has 5 rings (SSSR count). The van der Waals surface area contributed by atoms with Crippen LogP contribution in [0.1, 0.15) is 16.7 Å². The van der Waals surface area contributed by atoms with Gasteiger partial charge in [-0.25, -0.2) is 0 Å². The van der Waals surface area contributed by atoms with Crippen LogP contribution < -0.4 is 14.4 Å². The van der Waals surface area contributed by atoms with Crippen molar-refractivity contribution in [3.63, 3.8) is 0 Å². The molecule has 2 atom stereocenters. The second kappa shape index (κ2) is 15.7. The zero-order chi connectivity index (χ0) is 31.4. The van der Waals surface area contributed by atoms with Crippen LogP contribution in [0.2, 0.25) is 0 Å². The molecule has 230 valence electrons. The van der Waals surface area contributed by atoms with Crippen LogP contribution in [0.5, 0.6) is 11.5 Å². The number of anilines is 3. The maximum Gasteiger partial charge on any atom is 0.119 e. The molecule has 5 aromatic rings. The lowest BCUT2D eigenvalue weighted by Gasteiger charge is -2.25. The summed E-state index contributed by atoms with van der Waals surface area (Å²) in [5, 5.41) is 37.4. The third-order valence-corrected chi connectivity index (χ3v) is 7.13. The minimum Gasteiger partial charge on any atom is -0.491 e. The van der Waals surface area contributed by atoms with Crippen LogP contribution >= 0.6 is 0 Å². The third kappa shape index (κ3) is 8.59. The molecule has 0 saturated carbocycles. The van der Waals surface area contributed by atoms with Gasteiger partial charge >= 0.3 is 0 Å². The maximum atomic E-state index is 9.64. The van der Waals surface area contributed by atoms with Gasteiger partial charge in [0.15, 0.2) is 0 Å². The number of rotatable bonds is 14. The minimum absolute atomic E-state index is 0.000310. The van der Waals surface area contributed by atoms with Crippen molar-refractivity contribution in [2.24, 2.45) is 0 Å². The number of benzene rings is 5. The molecular formula is C38H37NO6. The molecule has 0 radical (unpaired) electrons. The monoisotopic (exact) mass is 603 g/mol. The van der Waals surface area contributed by atoms with Crippen molar-refractivity contribution in [2.75, 3.05) is 31.3 Å². The van der Waals surface area contributed by atoms with Crippen molar-refractivity contribution >= 4 is 28.7 Å². The number of hydrogen-bond donors (Lipinski definition) is 4. The number of ether oxygens (including phenoxy) is 2. The third-order valence-electron chi connectivity index (χ3n) is 7.13. The average molecular weight is 604 g/mol. The first-order valence-corrected chi connectivity index (χ1v) is 14.8. The Bertz CT molecular complexity index is 1520. The van der Waals surface area contributed by atoms with Gasteiger partial charge in [0, 0.05) is 17.1 Å². The van der Waals surface area contributed by atoms with E-state index >= 15 is 0 Å². The number of para-hydroxylation sites is 2. The SMILES string of the molecule is OCC(O)COc1ccc(C(=Cc2ccc(N(c3ccccc3)c3ccccc3)cc2)c2ccc(OCC(O)CO)cc2)cc1. The fraction of sp³-hybridized carbons (Fsp3) is 0.158. The molecule has 7 nitrogen and oxygen atoms in total. The van der Waals surface area contributed by atoms with Crippen molar-refractivity contribution in [3.05, 3.63) is 150 Å².